The standard InChI is InChI=1S/C16H25F2N3O3/c1-3-23-10-4-8-20-16(19)21-9-7-12-5-6-13(22-2)14(11-12)24-15(17)18/h5-6,11,15H,3-4,7-10H2,1-2H3,(H3,19,20,21). The molecule has 6 nitrogen and oxygen atoms in total. The molecule has 0 atom stereocenters. The third-order valence-corrected chi connectivity index (χ3v) is 3.10. The Bertz CT molecular complexity index is 513. The van der Waals surface area contributed by atoms with Crippen LogP contribution in [0.3, 0.4) is 0 Å². The van der Waals surface area contributed by atoms with Gasteiger partial charge in [0, 0.05) is 26.3 Å². The Hall–Kier alpha value is -2.09. The molecule has 1 aromatic rings. The summed E-state index contributed by atoms with van der Waals surface area (Å²) in [6.07, 6.45) is 1.39. The average Bonchev–Trinajstić information content (AvgIpc) is 2.54. The molecular formula is C16H25F2N3O3. The van der Waals surface area contributed by atoms with Gasteiger partial charge < -0.3 is 25.3 Å². The lowest BCUT2D eigenvalue weighted by Gasteiger charge is -2.12. The number of guanidine groups is 1. The van der Waals surface area contributed by atoms with Crippen molar-refractivity contribution in [2.75, 3.05) is 33.4 Å². The molecule has 0 fully saturated rings. The molecule has 8 heteroatoms. The van der Waals surface area contributed by atoms with Crippen LogP contribution in [-0.2, 0) is 11.2 Å². The van der Waals surface area contributed by atoms with Crippen molar-refractivity contribution in [2.45, 2.75) is 26.4 Å². The highest BCUT2D eigenvalue weighted by atomic mass is 19.3. The van der Waals surface area contributed by atoms with Crippen molar-refractivity contribution in [3.05, 3.63) is 23.8 Å². The Morgan fingerprint density at radius 3 is 2.79 bits per heavy atom. The lowest BCUT2D eigenvalue weighted by Crippen LogP contribution is -2.33. The van der Waals surface area contributed by atoms with Crippen LogP contribution in [0.15, 0.2) is 23.2 Å². The van der Waals surface area contributed by atoms with Gasteiger partial charge in [0.1, 0.15) is 0 Å². The minimum atomic E-state index is -2.90. The molecule has 0 saturated heterocycles. The first kappa shape index (κ1) is 20.0. The van der Waals surface area contributed by atoms with E-state index >= 15 is 0 Å². The molecule has 24 heavy (non-hydrogen) atoms. The molecule has 1 rings (SSSR count). The van der Waals surface area contributed by atoms with Gasteiger partial charge in [0.25, 0.3) is 0 Å². The highest BCUT2D eigenvalue weighted by Crippen LogP contribution is 2.29. The van der Waals surface area contributed by atoms with Gasteiger partial charge in [-0.25, -0.2) is 0 Å². The highest BCUT2D eigenvalue weighted by Gasteiger charge is 2.11. The first-order valence-corrected chi connectivity index (χ1v) is 7.80. The Kier molecular flexibility index (Phi) is 9.52. The van der Waals surface area contributed by atoms with E-state index in [4.69, 9.17) is 15.2 Å². The van der Waals surface area contributed by atoms with Gasteiger partial charge in [-0.2, -0.15) is 8.78 Å². The minimum absolute atomic E-state index is 0.0163. The number of aliphatic imine (C=N–C) groups is 1. The minimum Gasteiger partial charge on any atom is -0.493 e. The van der Waals surface area contributed by atoms with E-state index in [1.807, 2.05) is 6.92 Å². The maximum absolute atomic E-state index is 12.4. The summed E-state index contributed by atoms with van der Waals surface area (Å²) in [6, 6.07) is 4.91. The average molecular weight is 345 g/mol. The summed E-state index contributed by atoms with van der Waals surface area (Å²) >= 11 is 0. The number of hydrogen-bond donors (Lipinski definition) is 2. The fraction of sp³-hybridized carbons (Fsp3) is 0.562. The summed E-state index contributed by atoms with van der Waals surface area (Å²) in [5.74, 6) is 0.633. The first-order chi connectivity index (χ1) is 11.6. The van der Waals surface area contributed by atoms with Crippen LogP contribution in [0.25, 0.3) is 0 Å². The number of halogens is 2. The second-order valence-corrected chi connectivity index (χ2v) is 4.86. The van der Waals surface area contributed by atoms with Crippen LogP contribution >= 0.6 is 0 Å². The van der Waals surface area contributed by atoms with E-state index < -0.39 is 6.61 Å². The fourth-order valence-electron chi connectivity index (χ4n) is 1.97. The van der Waals surface area contributed by atoms with Gasteiger partial charge >= 0.3 is 6.61 Å². The molecule has 0 radical (unpaired) electrons. The van der Waals surface area contributed by atoms with Crippen LogP contribution < -0.4 is 20.5 Å². The zero-order valence-electron chi connectivity index (χ0n) is 14.1. The van der Waals surface area contributed by atoms with Crippen LogP contribution in [0.2, 0.25) is 0 Å². The third-order valence-electron chi connectivity index (χ3n) is 3.10. The van der Waals surface area contributed by atoms with Crippen molar-refractivity contribution in [3.63, 3.8) is 0 Å². The zero-order chi connectivity index (χ0) is 17.8. The Morgan fingerprint density at radius 2 is 2.12 bits per heavy atom. The number of rotatable bonds is 11. The number of benzene rings is 1. The van der Waals surface area contributed by atoms with Gasteiger partial charge in [-0.15, -0.1) is 0 Å². The lowest BCUT2D eigenvalue weighted by molar-refractivity contribution is -0.0512. The van der Waals surface area contributed by atoms with Crippen molar-refractivity contribution < 1.29 is 23.0 Å². The summed E-state index contributed by atoms with van der Waals surface area (Å²) in [7, 11) is 1.40. The van der Waals surface area contributed by atoms with E-state index in [1.54, 1.807) is 12.1 Å². The van der Waals surface area contributed by atoms with E-state index in [1.165, 1.54) is 13.2 Å². The zero-order valence-corrected chi connectivity index (χ0v) is 14.1. The quantitative estimate of drug-likeness (QED) is 0.365. The Labute approximate surface area is 141 Å². The van der Waals surface area contributed by atoms with Crippen LogP contribution in [0.1, 0.15) is 18.9 Å². The number of nitrogens with zero attached hydrogens (tertiary/aromatic N) is 1. The van der Waals surface area contributed by atoms with E-state index in [9.17, 15) is 8.78 Å². The molecular weight excluding hydrogens is 320 g/mol. The lowest BCUT2D eigenvalue weighted by atomic mass is 10.1. The van der Waals surface area contributed by atoms with Gasteiger partial charge in [0.15, 0.2) is 17.5 Å². The topological polar surface area (TPSA) is 78.1 Å². The molecule has 0 saturated carbocycles. The second-order valence-electron chi connectivity index (χ2n) is 4.86. The monoisotopic (exact) mass is 345 g/mol. The van der Waals surface area contributed by atoms with Crippen LogP contribution in [-0.4, -0.2) is 46.0 Å². The smallest absolute Gasteiger partial charge is 0.387 e. The number of methoxy groups -OCH3 is 1. The van der Waals surface area contributed by atoms with E-state index in [0.717, 1.165) is 12.0 Å². The van der Waals surface area contributed by atoms with Crippen LogP contribution in [0.4, 0.5) is 8.78 Å². The highest BCUT2D eigenvalue weighted by molar-refractivity contribution is 5.77. The molecule has 0 aliphatic heterocycles. The van der Waals surface area contributed by atoms with Crippen molar-refractivity contribution in [3.8, 4) is 11.5 Å². The van der Waals surface area contributed by atoms with Crippen molar-refractivity contribution in [2.24, 2.45) is 10.7 Å². The van der Waals surface area contributed by atoms with Gasteiger partial charge in [-0.3, -0.25) is 4.99 Å². The normalized spacial score (nSPS) is 11.6. The predicted molar refractivity (Wildman–Crippen MR) is 88.9 cm³/mol. The molecule has 0 bridgehead atoms. The molecule has 0 aliphatic carbocycles. The van der Waals surface area contributed by atoms with Gasteiger partial charge in [-0.1, -0.05) is 6.07 Å². The molecule has 1 aromatic carbocycles. The first-order valence-electron chi connectivity index (χ1n) is 7.80. The van der Waals surface area contributed by atoms with Gasteiger partial charge in [0.2, 0.25) is 0 Å². The summed E-state index contributed by atoms with van der Waals surface area (Å²) in [6.45, 7) is 1.51. The van der Waals surface area contributed by atoms with E-state index in [2.05, 4.69) is 15.0 Å². The largest absolute Gasteiger partial charge is 0.493 e. The fourth-order valence-corrected chi connectivity index (χ4v) is 1.97. The Morgan fingerprint density at radius 1 is 1.33 bits per heavy atom. The van der Waals surface area contributed by atoms with E-state index in [0.29, 0.717) is 38.7 Å². The van der Waals surface area contributed by atoms with Crippen molar-refractivity contribution >= 4 is 5.96 Å². The molecule has 3 N–H and O–H groups in total. The summed E-state index contributed by atoms with van der Waals surface area (Å²) < 4.78 is 39.4. The number of alkyl halides is 2. The summed E-state index contributed by atoms with van der Waals surface area (Å²) in [5, 5.41) is 2.98. The van der Waals surface area contributed by atoms with Crippen molar-refractivity contribution in [1.29, 1.82) is 0 Å². The maximum Gasteiger partial charge on any atom is 0.387 e. The molecule has 0 unspecified atom stereocenters. The number of ether oxygens (including phenoxy) is 3. The van der Waals surface area contributed by atoms with Crippen LogP contribution in [0.5, 0.6) is 11.5 Å². The van der Waals surface area contributed by atoms with Crippen molar-refractivity contribution in [1.82, 2.24) is 5.32 Å². The number of nitrogens with one attached hydrogen (secondary N) is 1. The number of nitrogens with two attached hydrogens (primary N) is 1. The second kappa shape index (κ2) is 11.4. The van der Waals surface area contributed by atoms with E-state index in [-0.39, 0.29) is 11.5 Å². The molecule has 0 heterocycles. The molecule has 0 aromatic heterocycles. The predicted octanol–water partition coefficient (Wildman–Crippen LogP) is 2.17. The SMILES string of the molecule is CCOCCCN=C(N)NCCc1ccc(OC)c(OC(F)F)c1. The Balaban J connectivity index is 2.42. The summed E-state index contributed by atoms with van der Waals surface area (Å²) in [4.78, 5) is 4.17. The van der Waals surface area contributed by atoms with Gasteiger partial charge in [-0.05, 0) is 37.5 Å². The molecule has 0 spiro atoms. The maximum atomic E-state index is 12.4. The molecule has 0 aliphatic rings. The molecule has 136 valence electrons. The van der Waals surface area contributed by atoms with Gasteiger partial charge in [0.05, 0.1) is 7.11 Å². The summed E-state index contributed by atoms with van der Waals surface area (Å²) in [5.41, 5.74) is 6.57. The van der Waals surface area contributed by atoms with Crippen LogP contribution in [0, 0.1) is 0 Å². The third kappa shape index (κ3) is 7.96. The number of hydrogen-bond acceptors (Lipinski definition) is 4. The molecule has 0 amide bonds.